The van der Waals surface area contributed by atoms with Crippen LogP contribution in [0.15, 0.2) is 21.9 Å². The lowest BCUT2D eigenvalue weighted by molar-refractivity contribution is 0.387. The summed E-state index contributed by atoms with van der Waals surface area (Å²) in [5.74, 6) is 1.93. The average Bonchev–Trinajstić information content (AvgIpc) is 3.21. The van der Waals surface area contributed by atoms with Crippen molar-refractivity contribution in [1.82, 2.24) is 30.6 Å². The number of guanidine groups is 1. The van der Waals surface area contributed by atoms with Gasteiger partial charge in [-0.25, -0.2) is 4.99 Å². The van der Waals surface area contributed by atoms with E-state index in [1.165, 1.54) is 5.69 Å². The van der Waals surface area contributed by atoms with Gasteiger partial charge in [0.1, 0.15) is 6.54 Å². The SMILES string of the molecule is CCNC(=NCc1noc(C)n1)N[C@@H]1CCCN(c2cnn(C)c2)C1. The van der Waals surface area contributed by atoms with Gasteiger partial charge in [-0.05, 0) is 19.8 Å². The molecule has 1 aliphatic rings. The molecular formula is C16H26N8O. The summed E-state index contributed by atoms with van der Waals surface area (Å²) in [6, 6.07) is 0.332. The van der Waals surface area contributed by atoms with E-state index in [0.717, 1.165) is 38.4 Å². The van der Waals surface area contributed by atoms with Crippen LogP contribution in [0.4, 0.5) is 5.69 Å². The van der Waals surface area contributed by atoms with Crippen LogP contribution >= 0.6 is 0 Å². The molecule has 0 aliphatic carbocycles. The summed E-state index contributed by atoms with van der Waals surface area (Å²) in [6.07, 6.45) is 6.22. The van der Waals surface area contributed by atoms with Crippen LogP contribution < -0.4 is 15.5 Å². The van der Waals surface area contributed by atoms with Crippen molar-refractivity contribution in [2.45, 2.75) is 39.3 Å². The number of hydrogen-bond acceptors (Lipinski definition) is 6. The highest BCUT2D eigenvalue weighted by Gasteiger charge is 2.21. The van der Waals surface area contributed by atoms with E-state index in [4.69, 9.17) is 4.52 Å². The second-order valence-corrected chi connectivity index (χ2v) is 6.23. The number of rotatable bonds is 5. The molecule has 0 amide bonds. The summed E-state index contributed by atoms with van der Waals surface area (Å²) in [6.45, 7) is 7.01. The zero-order valence-corrected chi connectivity index (χ0v) is 15.1. The van der Waals surface area contributed by atoms with Gasteiger partial charge in [-0.3, -0.25) is 4.68 Å². The number of aliphatic imine (C=N–C) groups is 1. The fourth-order valence-electron chi connectivity index (χ4n) is 2.97. The van der Waals surface area contributed by atoms with E-state index in [9.17, 15) is 0 Å². The van der Waals surface area contributed by atoms with Crippen LogP contribution in [0.25, 0.3) is 0 Å². The number of anilines is 1. The van der Waals surface area contributed by atoms with E-state index in [1.54, 1.807) is 6.92 Å². The Morgan fingerprint density at radius 1 is 1.48 bits per heavy atom. The van der Waals surface area contributed by atoms with Crippen molar-refractivity contribution in [3.63, 3.8) is 0 Å². The van der Waals surface area contributed by atoms with Crippen LogP contribution in [0.2, 0.25) is 0 Å². The maximum Gasteiger partial charge on any atom is 0.223 e. The third-order valence-corrected chi connectivity index (χ3v) is 4.11. The summed E-state index contributed by atoms with van der Waals surface area (Å²) >= 11 is 0. The summed E-state index contributed by atoms with van der Waals surface area (Å²) in [5.41, 5.74) is 1.17. The predicted molar refractivity (Wildman–Crippen MR) is 95.4 cm³/mol. The number of nitrogens with zero attached hydrogens (tertiary/aromatic N) is 6. The van der Waals surface area contributed by atoms with Gasteiger partial charge in [0.25, 0.3) is 0 Å². The van der Waals surface area contributed by atoms with Crippen molar-refractivity contribution in [2.24, 2.45) is 12.0 Å². The third-order valence-electron chi connectivity index (χ3n) is 4.11. The molecule has 2 aromatic rings. The Bertz CT molecular complexity index is 707. The normalized spacial score (nSPS) is 18.4. The van der Waals surface area contributed by atoms with Crippen molar-refractivity contribution in [1.29, 1.82) is 0 Å². The highest BCUT2D eigenvalue weighted by Crippen LogP contribution is 2.18. The van der Waals surface area contributed by atoms with E-state index in [2.05, 4.69) is 48.9 Å². The van der Waals surface area contributed by atoms with Gasteiger partial charge in [0, 0.05) is 45.8 Å². The summed E-state index contributed by atoms with van der Waals surface area (Å²) in [4.78, 5) is 11.1. The molecule has 9 heteroatoms. The zero-order valence-electron chi connectivity index (χ0n) is 15.1. The largest absolute Gasteiger partial charge is 0.367 e. The van der Waals surface area contributed by atoms with E-state index >= 15 is 0 Å². The summed E-state index contributed by atoms with van der Waals surface area (Å²) < 4.78 is 6.82. The smallest absolute Gasteiger partial charge is 0.223 e. The van der Waals surface area contributed by atoms with Crippen LogP contribution in [0.1, 0.15) is 31.5 Å². The van der Waals surface area contributed by atoms with Crippen molar-refractivity contribution >= 4 is 11.6 Å². The van der Waals surface area contributed by atoms with Gasteiger partial charge < -0.3 is 20.1 Å². The van der Waals surface area contributed by atoms with E-state index < -0.39 is 0 Å². The summed E-state index contributed by atoms with van der Waals surface area (Å²) in [5, 5.41) is 15.0. The first-order valence-electron chi connectivity index (χ1n) is 8.71. The highest BCUT2D eigenvalue weighted by atomic mass is 16.5. The first-order chi connectivity index (χ1) is 12.1. The fourth-order valence-corrected chi connectivity index (χ4v) is 2.97. The van der Waals surface area contributed by atoms with Crippen molar-refractivity contribution in [3.8, 4) is 0 Å². The van der Waals surface area contributed by atoms with E-state index in [0.29, 0.717) is 24.3 Å². The number of aromatic nitrogens is 4. The van der Waals surface area contributed by atoms with E-state index in [-0.39, 0.29) is 0 Å². The van der Waals surface area contributed by atoms with Crippen LogP contribution in [0, 0.1) is 6.92 Å². The Morgan fingerprint density at radius 3 is 3.04 bits per heavy atom. The molecule has 1 aliphatic heterocycles. The van der Waals surface area contributed by atoms with Gasteiger partial charge in [-0.1, -0.05) is 5.16 Å². The Labute approximate surface area is 147 Å². The fraction of sp³-hybridized carbons (Fsp3) is 0.625. The second kappa shape index (κ2) is 8.00. The average molecular weight is 346 g/mol. The van der Waals surface area contributed by atoms with Gasteiger partial charge in [0.15, 0.2) is 11.8 Å². The molecule has 2 aromatic heterocycles. The molecule has 2 N–H and O–H groups in total. The Balaban J connectivity index is 1.60. The second-order valence-electron chi connectivity index (χ2n) is 6.23. The predicted octanol–water partition coefficient (Wildman–Crippen LogP) is 0.836. The van der Waals surface area contributed by atoms with Crippen LogP contribution in [-0.4, -0.2) is 51.6 Å². The van der Waals surface area contributed by atoms with Crippen LogP contribution in [0.3, 0.4) is 0 Å². The standard InChI is InChI=1S/C16H26N8O/c1-4-17-16(18-9-15-20-12(2)25-22-15)21-13-6-5-7-24(10-13)14-8-19-23(3)11-14/h8,11,13H,4-7,9-10H2,1-3H3,(H2,17,18,21)/t13-/m1/s1. The minimum absolute atomic E-state index is 0.332. The van der Waals surface area contributed by atoms with Gasteiger partial charge in [-0.15, -0.1) is 0 Å². The van der Waals surface area contributed by atoms with Crippen molar-refractivity contribution in [3.05, 3.63) is 24.1 Å². The Morgan fingerprint density at radius 2 is 2.36 bits per heavy atom. The monoisotopic (exact) mass is 346 g/mol. The Hall–Kier alpha value is -2.58. The van der Waals surface area contributed by atoms with Gasteiger partial charge in [0.2, 0.25) is 5.89 Å². The molecule has 0 radical (unpaired) electrons. The number of piperidine rings is 1. The minimum atomic E-state index is 0.332. The molecule has 9 nitrogen and oxygen atoms in total. The topological polar surface area (TPSA) is 96.4 Å². The molecule has 1 fully saturated rings. The van der Waals surface area contributed by atoms with Crippen molar-refractivity contribution in [2.75, 3.05) is 24.5 Å². The van der Waals surface area contributed by atoms with Crippen molar-refractivity contribution < 1.29 is 4.52 Å². The molecule has 3 heterocycles. The molecule has 3 rings (SSSR count). The van der Waals surface area contributed by atoms with Gasteiger partial charge in [-0.2, -0.15) is 10.1 Å². The maximum atomic E-state index is 4.99. The molecule has 0 bridgehead atoms. The highest BCUT2D eigenvalue weighted by molar-refractivity contribution is 5.80. The molecule has 0 aromatic carbocycles. The lowest BCUT2D eigenvalue weighted by Crippen LogP contribution is -2.51. The minimum Gasteiger partial charge on any atom is -0.367 e. The molecule has 0 saturated carbocycles. The van der Waals surface area contributed by atoms with Gasteiger partial charge in [0.05, 0.1) is 11.9 Å². The number of nitrogens with one attached hydrogen (secondary N) is 2. The zero-order chi connectivity index (χ0) is 17.6. The number of aryl methyl sites for hydroxylation is 2. The molecule has 0 spiro atoms. The lowest BCUT2D eigenvalue weighted by atomic mass is 10.1. The quantitative estimate of drug-likeness (QED) is 0.611. The molecule has 136 valence electrons. The van der Waals surface area contributed by atoms with Crippen LogP contribution in [-0.2, 0) is 13.6 Å². The molecule has 25 heavy (non-hydrogen) atoms. The molecule has 1 saturated heterocycles. The molecule has 1 atom stereocenters. The first-order valence-corrected chi connectivity index (χ1v) is 8.71. The molecule has 0 unspecified atom stereocenters. The lowest BCUT2D eigenvalue weighted by Gasteiger charge is -2.34. The van der Waals surface area contributed by atoms with Gasteiger partial charge >= 0.3 is 0 Å². The van der Waals surface area contributed by atoms with E-state index in [1.807, 2.05) is 17.9 Å². The molecular weight excluding hydrogens is 320 g/mol. The number of hydrogen-bond donors (Lipinski definition) is 2. The first kappa shape index (κ1) is 17.2. The third kappa shape index (κ3) is 4.71. The summed E-state index contributed by atoms with van der Waals surface area (Å²) in [7, 11) is 1.94. The maximum absolute atomic E-state index is 4.99. The van der Waals surface area contributed by atoms with Crippen LogP contribution in [0.5, 0.6) is 0 Å². The Kier molecular flexibility index (Phi) is 5.52.